The number of halogens is 2. The second-order valence-electron chi connectivity index (χ2n) is 5.38. The van der Waals surface area contributed by atoms with Crippen molar-refractivity contribution in [1.82, 2.24) is 15.8 Å². The van der Waals surface area contributed by atoms with E-state index >= 15 is 0 Å². The highest BCUT2D eigenvalue weighted by Gasteiger charge is 2.30. The Hall–Kier alpha value is -2.05. The number of nitrogens with one attached hydrogen (secondary N) is 2. The van der Waals surface area contributed by atoms with Gasteiger partial charge < -0.3 is 5.32 Å². The van der Waals surface area contributed by atoms with Crippen LogP contribution >= 0.6 is 15.9 Å². The maximum atomic E-state index is 13.3. The Labute approximate surface area is 150 Å². The van der Waals surface area contributed by atoms with Gasteiger partial charge in [-0.3, -0.25) is 10.7 Å². The number of hydroxylamine groups is 1. The fourth-order valence-corrected chi connectivity index (χ4v) is 4.40. The van der Waals surface area contributed by atoms with E-state index in [1.54, 1.807) is 0 Å². The fraction of sp³-hybridized carbons (Fsp3) is 0.308. The van der Waals surface area contributed by atoms with Gasteiger partial charge in [0.15, 0.2) is 21.4 Å². The van der Waals surface area contributed by atoms with Crippen LogP contribution in [0, 0.1) is 5.82 Å². The van der Waals surface area contributed by atoms with Crippen molar-refractivity contribution in [3.8, 4) is 0 Å². The minimum atomic E-state index is -3.07. The minimum Gasteiger partial charge on any atom is -0.361 e. The summed E-state index contributed by atoms with van der Waals surface area (Å²) in [4.78, 5) is 4.12. The number of anilines is 1. The van der Waals surface area contributed by atoms with Crippen molar-refractivity contribution in [3.05, 3.63) is 34.2 Å². The van der Waals surface area contributed by atoms with Gasteiger partial charge in [0.1, 0.15) is 5.82 Å². The van der Waals surface area contributed by atoms with E-state index in [1.165, 1.54) is 18.2 Å². The van der Waals surface area contributed by atoms with Crippen molar-refractivity contribution in [2.75, 3.05) is 16.8 Å². The number of hydrogen-bond acceptors (Lipinski definition) is 8. The molecule has 0 unspecified atom stereocenters. The number of aliphatic imine (C=N–C) groups is 1. The Morgan fingerprint density at radius 2 is 2.24 bits per heavy atom. The van der Waals surface area contributed by atoms with E-state index < -0.39 is 15.7 Å². The van der Waals surface area contributed by atoms with Gasteiger partial charge in [0.05, 0.1) is 21.7 Å². The van der Waals surface area contributed by atoms with E-state index in [0.29, 0.717) is 12.1 Å². The third kappa shape index (κ3) is 4.14. The minimum absolute atomic E-state index is 0.0246. The fourth-order valence-electron chi connectivity index (χ4n) is 2.36. The molecule has 0 bridgehead atoms. The first-order chi connectivity index (χ1) is 11.9. The van der Waals surface area contributed by atoms with Crippen molar-refractivity contribution in [2.45, 2.75) is 12.5 Å². The van der Waals surface area contributed by atoms with Gasteiger partial charge in [-0.15, -0.1) is 0 Å². The number of aromatic nitrogens is 2. The predicted molar refractivity (Wildman–Crippen MR) is 90.2 cm³/mol. The van der Waals surface area contributed by atoms with E-state index in [0.717, 1.165) is 0 Å². The standard InChI is InChI=1S/C13H13BrFN5O4S/c14-9-5-7(1-2-10(9)15)16-12(18-21)11-13(20-24-19-11)17-8-3-4-25(22,23)6-8/h1-2,5,8,21H,3-4,6H2,(H,16,18)(H,17,20)/t8-/m0/s1. The molecule has 0 amide bonds. The Bertz CT molecular complexity index is 917. The van der Waals surface area contributed by atoms with E-state index in [1.807, 2.05) is 5.48 Å². The van der Waals surface area contributed by atoms with Gasteiger partial charge in [-0.25, -0.2) is 22.4 Å². The lowest BCUT2D eigenvalue weighted by molar-refractivity contribution is 0.234. The first-order valence-corrected chi connectivity index (χ1v) is 9.73. The van der Waals surface area contributed by atoms with Crippen LogP contribution < -0.4 is 10.8 Å². The topological polar surface area (TPSA) is 130 Å². The van der Waals surface area contributed by atoms with E-state index in [4.69, 9.17) is 0 Å². The Balaban J connectivity index is 1.86. The number of benzene rings is 1. The zero-order chi connectivity index (χ0) is 18.0. The smallest absolute Gasteiger partial charge is 0.202 e. The number of nitrogens with zero attached hydrogens (tertiary/aromatic N) is 3. The van der Waals surface area contributed by atoms with Crippen molar-refractivity contribution in [3.63, 3.8) is 0 Å². The molecule has 1 atom stereocenters. The van der Waals surface area contributed by atoms with Crippen LogP contribution in [0.5, 0.6) is 0 Å². The normalized spacial score (nSPS) is 19.8. The molecule has 0 spiro atoms. The van der Waals surface area contributed by atoms with Crippen LogP contribution in [-0.2, 0) is 9.84 Å². The highest BCUT2D eigenvalue weighted by atomic mass is 79.9. The van der Waals surface area contributed by atoms with Crippen LogP contribution in [0.3, 0.4) is 0 Å². The van der Waals surface area contributed by atoms with Crippen LogP contribution in [0.2, 0.25) is 0 Å². The van der Waals surface area contributed by atoms with E-state index in [2.05, 4.69) is 41.2 Å². The molecule has 1 aromatic heterocycles. The van der Waals surface area contributed by atoms with Crippen LogP contribution in [0.4, 0.5) is 15.9 Å². The van der Waals surface area contributed by atoms with Gasteiger partial charge in [-0.05, 0) is 50.9 Å². The summed E-state index contributed by atoms with van der Waals surface area (Å²) in [5.41, 5.74) is 2.29. The molecule has 1 fully saturated rings. The second-order valence-corrected chi connectivity index (χ2v) is 8.46. The largest absolute Gasteiger partial charge is 0.361 e. The molecule has 9 nitrogen and oxygen atoms in total. The average molecular weight is 434 g/mol. The Morgan fingerprint density at radius 3 is 2.88 bits per heavy atom. The van der Waals surface area contributed by atoms with Gasteiger partial charge in [0.25, 0.3) is 0 Å². The van der Waals surface area contributed by atoms with E-state index in [9.17, 15) is 18.0 Å². The monoisotopic (exact) mass is 433 g/mol. The summed E-state index contributed by atoms with van der Waals surface area (Å²) in [6.45, 7) is 0. The van der Waals surface area contributed by atoms with Crippen LogP contribution in [0.1, 0.15) is 12.1 Å². The number of sulfone groups is 1. The molecule has 1 aliphatic rings. The third-order valence-corrected chi connectivity index (χ3v) is 5.91. The van der Waals surface area contributed by atoms with Crippen molar-refractivity contribution in [1.29, 1.82) is 0 Å². The summed E-state index contributed by atoms with van der Waals surface area (Å²) < 4.78 is 41.2. The summed E-state index contributed by atoms with van der Waals surface area (Å²) in [5.74, 6) is -0.339. The van der Waals surface area contributed by atoms with Crippen molar-refractivity contribution in [2.24, 2.45) is 4.99 Å². The molecule has 12 heteroatoms. The first-order valence-electron chi connectivity index (χ1n) is 7.12. The molecule has 3 N–H and O–H groups in total. The first kappa shape index (κ1) is 17.8. The molecule has 1 aromatic carbocycles. The van der Waals surface area contributed by atoms with Gasteiger partial charge in [-0.2, -0.15) is 0 Å². The highest BCUT2D eigenvalue weighted by Crippen LogP contribution is 2.24. The van der Waals surface area contributed by atoms with Gasteiger partial charge >= 0.3 is 0 Å². The summed E-state index contributed by atoms with van der Waals surface area (Å²) in [6.07, 6.45) is 0.429. The molecule has 134 valence electrons. The Morgan fingerprint density at radius 1 is 1.44 bits per heavy atom. The lowest BCUT2D eigenvalue weighted by Crippen LogP contribution is -2.25. The second kappa shape index (κ2) is 7.06. The molecule has 0 saturated carbocycles. The van der Waals surface area contributed by atoms with Crippen molar-refractivity contribution < 1.29 is 22.6 Å². The maximum absolute atomic E-state index is 13.3. The van der Waals surface area contributed by atoms with E-state index in [-0.39, 0.29) is 39.4 Å². The average Bonchev–Trinajstić information content (AvgIpc) is 3.15. The maximum Gasteiger partial charge on any atom is 0.202 e. The number of rotatable bonds is 4. The highest BCUT2D eigenvalue weighted by molar-refractivity contribution is 9.10. The number of hydrogen-bond donors (Lipinski definition) is 3. The molecule has 3 rings (SSSR count). The van der Waals surface area contributed by atoms with Gasteiger partial charge in [0, 0.05) is 6.04 Å². The summed E-state index contributed by atoms with van der Waals surface area (Å²) in [5, 5.41) is 19.6. The molecular formula is C13H13BrFN5O4S. The van der Waals surface area contributed by atoms with Crippen LogP contribution in [-0.4, -0.2) is 47.3 Å². The van der Waals surface area contributed by atoms with Crippen molar-refractivity contribution >= 4 is 43.1 Å². The molecule has 1 saturated heterocycles. The summed E-state index contributed by atoms with van der Waals surface area (Å²) in [7, 11) is -3.07. The lowest BCUT2D eigenvalue weighted by atomic mass is 10.2. The quantitative estimate of drug-likeness (QED) is 0.376. The molecule has 1 aliphatic heterocycles. The van der Waals surface area contributed by atoms with Gasteiger partial charge in [-0.1, -0.05) is 0 Å². The zero-order valence-electron chi connectivity index (χ0n) is 12.6. The summed E-state index contributed by atoms with van der Waals surface area (Å²) >= 11 is 3.05. The molecule has 0 radical (unpaired) electrons. The molecule has 2 aromatic rings. The predicted octanol–water partition coefficient (Wildman–Crippen LogP) is 1.63. The van der Waals surface area contributed by atoms with Crippen LogP contribution in [0.15, 0.2) is 32.3 Å². The summed E-state index contributed by atoms with van der Waals surface area (Å²) in [6, 6.07) is 3.69. The molecule has 0 aliphatic carbocycles. The SMILES string of the molecule is O=S1(=O)CC[C@H](Nc2nonc2C(=Nc2ccc(F)c(Br)c2)NO)C1. The molecule has 2 heterocycles. The zero-order valence-corrected chi connectivity index (χ0v) is 15.0. The lowest BCUT2D eigenvalue weighted by Gasteiger charge is -2.10. The molecule has 25 heavy (non-hydrogen) atoms. The third-order valence-electron chi connectivity index (χ3n) is 3.54. The molecular weight excluding hydrogens is 421 g/mol. The Kier molecular flexibility index (Phi) is 5.01. The van der Waals surface area contributed by atoms with Gasteiger partial charge in [0.2, 0.25) is 5.82 Å². The number of amidine groups is 1. The van der Waals surface area contributed by atoms with Crippen LogP contribution in [0.25, 0.3) is 0 Å².